The van der Waals surface area contributed by atoms with Gasteiger partial charge in [0.2, 0.25) is 0 Å². The van der Waals surface area contributed by atoms with Gasteiger partial charge < -0.3 is 18.9 Å². The fourth-order valence-corrected chi connectivity index (χ4v) is 3.50. The highest BCUT2D eigenvalue weighted by Gasteiger charge is 2.19. The molecule has 0 aliphatic heterocycles. The van der Waals surface area contributed by atoms with Gasteiger partial charge in [0.1, 0.15) is 11.4 Å². The Bertz CT molecular complexity index is 1480. The number of benzene rings is 2. The van der Waals surface area contributed by atoms with Gasteiger partial charge in [0, 0.05) is 0 Å². The monoisotopic (exact) mass is 473 g/mol. The Morgan fingerprint density at radius 3 is 2.18 bits per heavy atom. The lowest BCUT2D eigenvalue weighted by molar-refractivity contribution is -0.119. The van der Waals surface area contributed by atoms with Gasteiger partial charge in [-0.25, -0.2) is 14.8 Å². The molecule has 9 heteroatoms. The van der Waals surface area contributed by atoms with Crippen molar-refractivity contribution < 1.29 is 23.2 Å². The predicted octanol–water partition coefficient (Wildman–Crippen LogP) is 5.60. The van der Waals surface area contributed by atoms with E-state index >= 15 is 0 Å². The number of carbonyl (C=O) groups excluding carboxylic acids is 2. The van der Waals surface area contributed by atoms with Gasteiger partial charge in [-0.1, -0.05) is 23.7 Å². The Labute approximate surface area is 198 Å². The molecule has 1 N–H and O–H groups in total. The normalized spacial score (nSPS) is 10.9. The molecule has 168 valence electrons. The van der Waals surface area contributed by atoms with Gasteiger partial charge in [-0.3, -0.25) is 4.79 Å². The number of halogens is 1. The van der Waals surface area contributed by atoms with Crippen molar-refractivity contribution >= 4 is 40.2 Å². The Morgan fingerprint density at radius 2 is 1.53 bits per heavy atom. The molecule has 0 radical (unpaired) electrons. The van der Waals surface area contributed by atoms with E-state index in [0.717, 1.165) is 0 Å². The van der Waals surface area contributed by atoms with Crippen LogP contribution in [0.3, 0.4) is 0 Å². The van der Waals surface area contributed by atoms with Crippen LogP contribution in [0, 0.1) is 0 Å². The molecule has 0 atom stereocenters. The van der Waals surface area contributed by atoms with Gasteiger partial charge in [-0.05, 0) is 54.6 Å². The maximum absolute atomic E-state index is 12.6. The highest BCUT2D eigenvalue weighted by molar-refractivity contribution is 6.33. The molecule has 2 aromatic carbocycles. The third kappa shape index (κ3) is 4.39. The molecule has 8 nitrogen and oxygen atoms in total. The number of aromatic nitrogens is 2. The van der Waals surface area contributed by atoms with Crippen LogP contribution in [0.1, 0.15) is 10.4 Å². The summed E-state index contributed by atoms with van der Waals surface area (Å²) in [6.45, 7) is -0.469. The molecular formula is C25H16ClN3O5. The number of nitrogens with one attached hydrogen (secondary N) is 1. The molecule has 0 saturated carbocycles. The highest BCUT2D eigenvalue weighted by Crippen LogP contribution is 2.31. The zero-order chi connectivity index (χ0) is 23.5. The second-order valence-electron chi connectivity index (χ2n) is 7.18. The second kappa shape index (κ2) is 9.21. The minimum atomic E-state index is -0.673. The van der Waals surface area contributed by atoms with Crippen molar-refractivity contribution in [2.45, 2.75) is 0 Å². The van der Waals surface area contributed by atoms with Crippen LogP contribution in [-0.2, 0) is 9.53 Å². The van der Waals surface area contributed by atoms with Crippen LogP contribution >= 0.6 is 11.6 Å². The molecule has 0 unspecified atom stereocenters. The van der Waals surface area contributed by atoms with Gasteiger partial charge in [0.25, 0.3) is 5.91 Å². The smallest absolute Gasteiger partial charge is 0.338 e. The summed E-state index contributed by atoms with van der Waals surface area (Å²) in [6, 6.07) is 18.6. The van der Waals surface area contributed by atoms with E-state index in [1.54, 1.807) is 73.0 Å². The van der Waals surface area contributed by atoms with Crippen molar-refractivity contribution in [1.29, 1.82) is 0 Å². The van der Waals surface area contributed by atoms with Crippen LogP contribution in [0.25, 0.3) is 33.9 Å². The first kappa shape index (κ1) is 21.4. The third-order valence-corrected chi connectivity index (χ3v) is 5.22. The molecule has 0 saturated heterocycles. The van der Waals surface area contributed by atoms with Gasteiger partial charge in [-0.15, -0.1) is 0 Å². The minimum Gasteiger partial charge on any atom is -0.463 e. The number of fused-ring (bicyclic) bond motifs is 1. The zero-order valence-corrected chi connectivity index (χ0v) is 18.3. The first-order chi connectivity index (χ1) is 16.6. The lowest BCUT2D eigenvalue weighted by Gasteiger charge is -2.09. The largest absolute Gasteiger partial charge is 0.463 e. The molecule has 0 bridgehead atoms. The van der Waals surface area contributed by atoms with Gasteiger partial charge in [0.15, 0.2) is 18.1 Å². The Morgan fingerprint density at radius 1 is 0.853 bits per heavy atom. The molecule has 0 spiro atoms. The number of anilines is 1. The Kier molecular flexibility index (Phi) is 5.80. The van der Waals surface area contributed by atoms with Crippen molar-refractivity contribution in [3.63, 3.8) is 0 Å². The summed E-state index contributed by atoms with van der Waals surface area (Å²) < 4.78 is 16.2. The van der Waals surface area contributed by atoms with Crippen LogP contribution in [0.5, 0.6) is 0 Å². The van der Waals surface area contributed by atoms with Crippen LogP contribution < -0.4 is 5.32 Å². The van der Waals surface area contributed by atoms with Crippen molar-refractivity contribution in [2.24, 2.45) is 0 Å². The molecule has 0 fully saturated rings. The number of amides is 1. The van der Waals surface area contributed by atoms with Crippen molar-refractivity contribution in [3.05, 3.63) is 89.8 Å². The van der Waals surface area contributed by atoms with E-state index in [2.05, 4.69) is 15.3 Å². The summed E-state index contributed by atoms with van der Waals surface area (Å²) >= 11 is 6.03. The van der Waals surface area contributed by atoms with E-state index in [1.165, 1.54) is 6.26 Å². The maximum atomic E-state index is 12.6. The number of carbonyl (C=O) groups is 2. The van der Waals surface area contributed by atoms with Crippen LogP contribution in [0.4, 0.5) is 5.69 Å². The fourth-order valence-electron chi connectivity index (χ4n) is 3.31. The molecular weight excluding hydrogens is 458 g/mol. The predicted molar refractivity (Wildman–Crippen MR) is 125 cm³/mol. The van der Waals surface area contributed by atoms with Crippen molar-refractivity contribution in [2.75, 3.05) is 11.9 Å². The first-order valence-electron chi connectivity index (χ1n) is 10.2. The summed E-state index contributed by atoms with van der Waals surface area (Å²) in [7, 11) is 0. The lowest BCUT2D eigenvalue weighted by Crippen LogP contribution is -2.21. The van der Waals surface area contributed by atoms with E-state index in [-0.39, 0.29) is 5.56 Å². The molecule has 1 amide bonds. The van der Waals surface area contributed by atoms with E-state index in [0.29, 0.717) is 44.7 Å². The summed E-state index contributed by atoms with van der Waals surface area (Å²) in [5.41, 5.74) is 2.65. The number of para-hydroxylation sites is 1. The van der Waals surface area contributed by atoms with E-state index in [4.69, 9.17) is 25.2 Å². The standard InChI is InChI=1S/C25H16ClN3O5/c26-16-5-1-2-6-17(16)27-22(30)14-34-25(31)15-9-10-18-19(13-15)29-24(21-8-4-12-33-21)23(28-18)20-7-3-11-32-20/h1-13H,14H2,(H,27,30). The molecule has 5 aromatic rings. The van der Waals surface area contributed by atoms with E-state index in [1.807, 2.05) is 0 Å². The number of ether oxygens (including phenoxy) is 1. The van der Waals surface area contributed by atoms with Gasteiger partial charge >= 0.3 is 5.97 Å². The van der Waals surface area contributed by atoms with Crippen LogP contribution in [-0.4, -0.2) is 28.5 Å². The molecule has 3 heterocycles. The van der Waals surface area contributed by atoms with E-state index < -0.39 is 18.5 Å². The summed E-state index contributed by atoms with van der Waals surface area (Å²) in [5.74, 6) is -0.142. The summed E-state index contributed by atoms with van der Waals surface area (Å²) in [5, 5.41) is 2.99. The van der Waals surface area contributed by atoms with Crippen molar-refractivity contribution in [1.82, 2.24) is 9.97 Å². The molecule has 3 aromatic heterocycles. The highest BCUT2D eigenvalue weighted by atomic mass is 35.5. The number of esters is 1. The van der Waals surface area contributed by atoms with Crippen molar-refractivity contribution in [3.8, 4) is 22.9 Å². The molecule has 0 aliphatic rings. The average Bonchev–Trinajstić information content (AvgIpc) is 3.57. The van der Waals surface area contributed by atoms with E-state index in [9.17, 15) is 9.59 Å². The first-order valence-corrected chi connectivity index (χ1v) is 10.6. The number of nitrogens with zero attached hydrogens (tertiary/aromatic N) is 2. The fraction of sp³-hybridized carbons (Fsp3) is 0.0400. The molecule has 34 heavy (non-hydrogen) atoms. The topological polar surface area (TPSA) is 107 Å². The maximum Gasteiger partial charge on any atom is 0.338 e. The number of rotatable bonds is 6. The number of hydrogen-bond acceptors (Lipinski definition) is 7. The molecule has 0 aliphatic carbocycles. The SMILES string of the molecule is O=C(COC(=O)c1ccc2nc(-c3ccco3)c(-c3ccco3)nc2c1)Nc1ccccc1Cl. The summed E-state index contributed by atoms with van der Waals surface area (Å²) in [4.78, 5) is 34.0. The van der Waals surface area contributed by atoms with Crippen LogP contribution in [0.15, 0.2) is 88.1 Å². The van der Waals surface area contributed by atoms with Crippen LogP contribution in [0.2, 0.25) is 5.02 Å². The number of hydrogen-bond donors (Lipinski definition) is 1. The minimum absolute atomic E-state index is 0.225. The Hall–Kier alpha value is -4.43. The molecule has 5 rings (SSSR count). The lowest BCUT2D eigenvalue weighted by atomic mass is 10.1. The quantitative estimate of drug-likeness (QED) is 0.320. The van der Waals surface area contributed by atoms with Gasteiger partial charge in [0.05, 0.1) is 39.8 Å². The number of furan rings is 2. The zero-order valence-electron chi connectivity index (χ0n) is 17.5. The van der Waals surface area contributed by atoms with Gasteiger partial charge in [-0.2, -0.15) is 0 Å². The Balaban J connectivity index is 1.38. The summed E-state index contributed by atoms with van der Waals surface area (Å²) in [6.07, 6.45) is 3.09. The average molecular weight is 474 g/mol. The second-order valence-corrected chi connectivity index (χ2v) is 7.59. The third-order valence-electron chi connectivity index (χ3n) is 4.89.